The van der Waals surface area contributed by atoms with Crippen LogP contribution in [0.1, 0.15) is 36.5 Å². The Morgan fingerprint density at radius 1 is 1.29 bits per heavy atom. The molecule has 7 nitrogen and oxygen atoms in total. The molecular formula is C16H22N2O5S. The van der Waals surface area contributed by atoms with Crippen molar-refractivity contribution in [1.82, 2.24) is 9.62 Å². The van der Waals surface area contributed by atoms with Crippen LogP contribution >= 0.6 is 0 Å². The van der Waals surface area contributed by atoms with E-state index in [9.17, 15) is 18.0 Å². The summed E-state index contributed by atoms with van der Waals surface area (Å²) in [5.41, 5.74) is 0.298. The molecule has 0 radical (unpaired) electrons. The highest BCUT2D eigenvalue weighted by Gasteiger charge is 2.28. The number of carbonyl (C=O) groups excluding carboxylic acids is 1. The Balaban J connectivity index is 2.05. The third-order valence-electron chi connectivity index (χ3n) is 4.00. The van der Waals surface area contributed by atoms with E-state index in [2.05, 4.69) is 5.32 Å². The second-order valence-corrected chi connectivity index (χ2v) is 7.97. The number of carboxylic acid groups (broad SMARTS) is 1. The monoisotopic (exact) mass is 354 g/mol. The molecule has 1 unspecified atom stereocenters. The number of benzene rings is 1. The minimum Gasteiger partial charge on any atom is -0.481 e. The lowest BCUT2D eigenvalue weighted by molar-refractivity contribution is -0.136. The summed E-state index contributed by atoms with van der Waals surface area (Å²) >= 11 is 0. The summed E-state index contributed by atoms with van der Waals surface area (Å²) in [6.07, 6.45) is 1.72. The van der Waals surface area contributed by atoms with Crippen LogP contribution in [0.5, 0.6) is 0 Å². The number of nitrogens with zero attached hydrogens (tertiary/aromatic N) is 1. The van der Waals surface area contributed by atoms with Gasteiger partial charge < -0.3 is 10.4 Å². The molecule has 2 N–H and O–H groups in total. The third kappa shape index (κ3) is 4.55. The van der Waals surface area contributed by atoms with Gasteiger partial charge in [0.25, 0.3) is 5.91 Å². The second-order valence-electron chi connectivity index (χ2n) is 6.03. The number of carboxylic acids is 1. The molecule has 24 heavy (non-hydrogen) atoms. The molecule has 1 atom stereocenters. The number of carbonyl (C=O) groups is 2. The SMILES string of the molecule is CC1CCCN(S(=O)(=O)c2ccc(C(=O)NCCC(=O)O)cc2)C1. The molecule has 1 aliphatic rings. The standard InChI is InChI=1S/C16H22N2O5S/c1-12-3-2-10-18(11-12)24(22,23)14-6-4-13(5-7-14)16(21)17-9-8-15(19)20/h4-7,12H,2-3,8-11H2,1H3,(H,17,21)(H,19,20). The van der Waals surface area contributed by atoms with Crippen molar-refractivity contribution < 1.29 is 23.1 Å². The Labute approximate surface area is 141 Å². The zero-order valence-corrected chi connectivity index (χ0v) is 14.4. The van der Waals surface area contributed by atoms with Crippen LogP contribution in [0.25, 0.3) is 0 Å². The largest absolute Gasteiger partial charge is 0.481 e. The first-order valence-electron chi connectivity index (χ1n) is 7.91. The van der Waals surface area contributed by atoms with Gasteiger partial charge in [0.15, 0.2) is 0 Å². The summed E-state index contributed by atoms with van der Waals surface area (Å²) in [5, 5.41) is 11.0. The zero-order chi connectivity index (χ0) is 17.7. The predicted molar refractivity (Wildman–Crippen MR) is 88.2 cm³/mol. The second kappa shape index (κ2) is 7.76. The lowest BCUT2D eigenvalue weighted by Gasteiger charge is -2.30. The molecule has 1 aromatic carbocycles. The number of rotatable bonds is 6. The van der Waals surface area contributed by atoms with Gasteiger partial charge in [-0.2, -0.15) is 4.31 Å². The van der Waals surface area contributed by atoms with Gasteiger partial charge in [-0.15, -0.1) is 0 Å². The van der Waals surface area contributed by atoms with Gasteiger partial charge in [0.1, 0.15) is 0 Å². The Kier molecular flexibility index (Phi) is 5.95. The van der Waals surface area contributed by atoms with Gasteiger partial charge in [0.2, 0.25) is 10.0 Å². The maximum atomic E-state index is 12.6. The molecule has 132 valence electrons. The number of amides is 1. The van der Waals surface area contributed by atoms with Crippen molar-refractivity contribution in [3.63, 3.8) is 0 Å². The van der Waals surface area contributed by atoms with Crippen LogP contribution in [0, 0.1) is 5.92 Å². The van der Waals surface area contributed by atoms with Crippen molar-refractivity contribution >= 4 is 21.9 Å². The number of hydrogen-bond acceptors (Lipinski definition) is 4. The lowest BCUT2D eigenvalue weighted by atomic mass is 10.0. The van der Waals surface area contributed by atoms with E-state index in [1.54, 1.807) is 0 Å². The summed E-state index contributed by atoms with van der Waals surface area (Å²) in [5.74, 6) is -1.08. The van der Waals surface area contributed by atoms with Gasteiger partial charge >= 0.3 is 5.97 Å². The first-order chi connectivity index (χ1) is 11.3. The van der Waals surface area contributed by atoms with E-state index in [1.807, 2.05) is 6.92 Å². The van der Waals surface area contributed by atoms with Gasteiger partial charge in [-0.1, -0.05) is 6.92 Å². The molecule has 1 heterocycles. The first kappa shape index (κ1) is 18.4. The van der Waals surface area contributed by atoms with Crippen LogP contribution in [0.3, 0.4) is 0 Å². The Morgan fingerprint density at radius 2 is 1.96 bits per heavy atom. The number of nitrogens with one attached hydrogen (secondary N) is 1. The average molecular weight is 354 g/mol. The molecule has 2 rings (SSSR count). The Morgan fingerprint density at radius 3 is 2.54 bits per heavy atom. The van der Waals surface area contributed by atoms with Crippen molar-refractivity contribution in [3.8, 4) is 0 Å². The van der Waals surface area contributed by atoms with Crippen LogP contribution in [0.4, 0.5) is 0 Å². The van der Waals surface area contributed by atoms with E-state index in [0.717, 1.165) is 12.8 Å². The normalized spacial score (nSPS) is 19.0. The fourth-order valence-corrected chi connectivity index (χ4v) is 4.28. The Hall–Kier alpha value is -1.93. The fourth-order valence-electron chi connectivity index (χ4n) is 2.68. The minimum absolute atomic E-state index is 0.0277. The Bertz CT molecular complexity index is 700. The summed E-state index contributed by atoms with van der Waals surface area (Å²) in [4.78, 5) is 22.5. The van der Waals surface area contributed by atoms with Crippen molar-refractivity contribution in [1.29, 1.82) is 0 Å². The van der Waals surface area contributed by atoms with E-state index in [0.29, 0.717) is 24.6 Å². The van der Waals surface area contributed by atoms with E-state index >= 15 is 0 Å². The molecule has 1 saturated heterocycles. The first-order valence-corrected chi connectivity index (χ1v) is 9.35. The number of hydrogen-bond donors (Lipinski definition) is 2. The zero-order valence-electron chi connectivity index (χ0n) is 13.6. The van der Waals surface area contributed by atoms with Crippen molar-refractivity contribution in [2.45, 2.75) is 31.1 Å². The van der Waals surface area contributed by atoms with Crippen LogP contribution < -0.4 is 5.32 Å². The van der Waals surface area contributed by atoms with Crippen molar-refractivity contribution in [2.75, 3.05) is 19.6 Å². The molecule has 0 spiro atoms. The van der Waals surface area contributed by atoms with Gasteiger partial charge in [-0.3, -0.25) is 9.59 Å². The minimum atomic E-state index is -3.54. The van der Waals surface area contributed by atoms with Crippen LogP contribution in [-0.4, -0.2) is 49.3 Å². The number of aliphatic carboxylic acids is 1. The molecule has 1 amide bonds. The highest BCUT2D eigenvalue weighted by Crippen LogP contribution is 2.23. The van der Waals surface area contributed by atoms with Gasteiger partial charge in [0, 0.05) is 25.2 Å². The molecule has 1 fully saturated rings. The smallest absolute Gasteiger partial charge is 0.305 e. The summed E-state index contributed by atoms with van der Waals surface area (Å²) in [6.45, 7) is 3.09. The molecule has 1 aliphatic heterocycles. The molecule has 0 bridgehead atoms. The quantitative estimate of drug-likeness (QED) is 0.802. The molecule has 0 saturated carbocycles. The van der Waals surface area contributed by atoms with Gasteiger partial charge in [0.05, 0.1) is 11.3 Å². The maximum absolute atomic E-state index is 12.6. The molecule has 1 aromatic rings. The summed E-state index contributed by atoms with van der Waals surface area (Å²) < 4.78 is 26.7. The molecule has 0 aliphatic carbocycles. The van der Waals surface area contributed by atoms with E-state index in [4.69, 9.17) is 5.11 Å². The van der Waals surface area contributed by atoms with Crippen LogP contribution in [0.15, 0.2) is 29.2 Å². The summed E-state index contributed by atoms with van der Waals surface area (Å²) in [7, 11) is -3.54. The number of piperidine rings is 1. The predicted octanol–water partition coefficient (Wildman–Crippen LogP) is 1.31. The average Bonchev–Trinajstić information content (AvgIpc) is 2.54. The molecule has 0 aromatic heterocycles. The molecule has 8 heteroatoms. The number of sulfonamides is 1. The maximum Gasteiger partial charge on any atom is 0.305 e. The topological polar surface area (TPSA) is 104 Å². The lowest BCUT2D eigenvalue weighted by Crippen LogP contribution is -2.39. The van der Waals surface area contributed by atoms with Crippen molar-refractivity contribution in [2.24, 2.45) is 5.92 Å². The third-order valence-corrected chi connectivity index (χ3v) is 5.88. The van der Waals surface area contributed by atoms with E-state index in [-0.39, 0.29) is 17.9 Å². The highest BCUT2D eigenvalue weighted by atomic mass is 32.2. The van der Waals surface area contributed by atoms with Gasteiger partial charge in [-0.05, 0) is 43.0 Å². The fraction of sp³-hybridized carbons (Fsp3) is 0.500. The molecular weight excluding hydrogens is 332 g/mol. The van der Waals surface area contributed by atoms with Crippen molar-refractivity contribution in [3.05, 3.63) is 29.8 Å². The van der Waals surface area contributed by atoms with Crippen LogP contribution in [-0.2, 0) is 14.8 Å². The van der Waals surface area contributed by atoms with E-state index in [1.165, 1.54) is 28.6 Å². The summed E-state index contributed by atoms with van der Waals surface area (Å²) in [6, 6.07) is 5.72. The van der Waals surface area contributed by atoms with Crippen LogP contribution in [0.2, 0.25) is 0 Å². The highest BCUT2D eigenvalue weighted by molar-refractivity contribution is 7.89. The van der Waals surface area contributed by atoms with E-state index < -0.39 is 21.9 Å². The van der Waals surface area contributed by atoms with Gasteiger partial charge in [-0.25, -0.2) is 8.42 Å².